The number of likely N-dealkylation sites (N-methyl/N-ethyl adjacent to an activating group) is 1. The number of aromatic nitrogens is 2. The van der Waals surface area contributed by atoms with Gasteiger partial charge in [0.25, 0.3) is 0 Å². The fourth-order valence-electron chi connectivity index (χ4n) is 1.63. The molecule has 19 heavy (non-hydrogen) atoms. The molecule has 0 spiro atoms. The van der Waals surface area contributed by atoms with E-state index in [1.807, 2.05) is 0 Å². The van der Waals surface area contributed by atoms with E-state index in [0.717, 1.165) is 0 Å². The quantitative estimate of drug-likeness (QED) is 0.615. The van der Waals surface area contributed by atoms with E-state index < -0.39 is 11.0 Å². The van der Waals surface area contributed by atoms with E-state index in [9.17, 15) is 14.9 Å². The van der Waals surface area contributed by atoms with Crippen LogP contribution in [0.1, 0.15) is 6.92 Å². The predicted octanol–water partition coefficient (Wildman–Crippen LogP) is 0.677. The van der Waals surface area contributed by atoms with Gasteiger partial charge in [0.05, 0.1) is 10.6 Å². The third-order valence-electron chi connectivity index (χ3n) is 2.60. The van der Waals surface area contributed by atoms with Crippen molar-refractivity contribution >= 4 is 28.3 Å². The van der Waals surface area contributed by atoms with Crippen molar-refractivity contribution < 1.29 is 14.3 Å². The summed E-state index contributed by atoms with van der Waals surface area (Å²) in [6.07, 6.45) is 0. The Morgan fingerprint density at radius 1 is 1.42 bits per heavy atom. The number of carbonyl (C=O) groups is 1. The molecule has 1 atom stereocenters. The summed E-state index contributed by atoms with van der Waals surface area (Å²) in [5.41, 5.74) is 0.497. The topological polar surface area (TPSA) is 123 Å². The third kappa shape index (κ3) is 2.30. The molecular weight excluding hydrogens is 254 g/mol. The molecule has 1 unspecified atom stereocenters. The van der Waals surface area contributed by atoms with Crippen LogP contribution in [-0.4, -0.2) is 34.2 Å². The minimum absolute atomic E-state index is 0.0408. The summed E-state index contributed by atoms with van der Waals surface area (Å²) in [7, 11) is 1.52. The molecule has 100 valence electrons. The van der Waals surface area contributed by atoms with Crippen LogP contribution in [0.5, 0.6) is 0 Å². The minimum atomic E-state index is -0.571. The first-order valence-electron chi connectivity index (χ1n) is 5.42. The Bertz CT molecular complexity index is 638. The van der Waals surface area contributed by atoms with Crippen molar-refractivity contribution in [2.24, 2.45) is 0 Å². The van der Waals surface area contributed by atoms with Crippen LogP contribution >= 0.6 is 0 Å². The second-order valence-corrected chi connectivity index (χ2v) is 3.83. The smallest absolute Gasteiger partial charge is 0.300 e. The molecule has 0 aliphatic rings. The maximum absolute atomic E-state index is 11.4. The van der Waals surface area contributed by atoms with Gasteiger partial charge < -0.3 is 10.6 Å². The van der Waals surface area contributed by atoms with Crippen molar-refractivity contribution in [3.8, 4) is 0 Å². The van der Waals surface area contributed by atoms with Crippen LogP contribution in [0.15, 0.2) is 16.8 Å². The zero-order valence-corrected chi connectivity index (χ0v) is 10.2. The van der Waals surface area contributed by atoms with Crippen LogP contribution < -0.4 is 10.6 Å². The number of nitro benzene ring substituents is 1. The van der Waals surface area contributed by atoms with Gasteiger partial charge in [0.1, 0.15) is 6.04 Å². The van der Waals surface area contributed by atoms with E-state index in [4.69, 9.17) is 0 Å². The first-order chi connectivity index (χ1) is 9.04. The van der Waals surface area contributed by atoms with Crippen LogP contribution in [0, 0.1) is 10.1 Å². The molecule has 9 heteroatoms. The van der Waals surface area contributed by atoms with Crippen molar-refractivity contribution in [2.75, 3.05) is 12.4 Å². The summed E-state index contributed by atoms with van der Waals surface area (Å²) in [6, 6.07) is 2.22. The van der Waals surface area contributed by atoms with Crippen LogP contribution in [0.25, 0.3) is 11.0 Å². The standard InChI is InChI=1S/C10H11N5O4/c1-5(10(16)11-2)12-6-3-4-7(15(17)18)9-8(6)13-19-14-9/h3-5,12H,1-2H3,(H,11,16). The predicted molar refractivity (Wildman–Crippen MR) is 65.6 cm³/mol. The number of nitrogens with zero attached hydrogens (tertiary/aromatic N) is 3. The maximum Gasteiger partial charge on any atom is 0.300 e. The highest BCUT2D eigenvalue weighted by Gasteiger charge is 2.21. The van der Waals surface area contributed by atoms with Crippen molar-refractivity contribution in [3.05, 3.63) is 22.2 Å². The molecule has 9 nitrogen and oxygen atoms in total. The van der Waals surface area contributed by atoms with Crippen LogP contribution in [-0.2, 0) is 4.79 Å². The Morgan fingerprint density at radius 2 is 2.11 bits per heavy atom. The van der Waals surface area contributed by atoms with Crippen molar-refractivity contribution in [3.63, 3.8) is 0 Å². The summed E-state index contributed by atoms with van der Waals surface area (Å²) >= 11 is 0. The lowest BCUT2D eigenvalue weighted by Crippen LogP contribution is -2.35. The molecule has 2 aromatic rings. The summed E-state index contributed by atoms with van der Waals surface area (Å²) in [6.45, 7) is 1.65. The molecule has 0 aliphatic carbocycles. The van der Waals surface area contributed by atoms with Crippen LogP contribution in [0.4, 0.5) is 11.4 Å². The average Bonchev–Trinajstić information content (AvgIpc) is 2.87. The van der Waals surface area contributed by atoms with E-state index in [2.05, 4.69) is 25.6 Å². The molecule has 1 aromatic heterocycles. The molecule has 0 saturated heterocycles. The zero-order chi connectivity index (χ0) is 14.0. The fourth-order valence-corrected chi connectivity index (χ4v) is 1.63. The SMILES string of the molecule is CNC(=O)C(C)Nc1ccc([N+](=O)[O-])c2nonc12. The van der Waals surface area contributed by atoms with Gasteiger partial charge in [-0.25, -0.2) is 4.63 Å². The summed E-state index contributed by atoms with van der Waals surface area (Å²) in [4.78, 5) is 21.7. The maximum atomic E-state index is 11.4. The van der Waals surface area contributed by atoms with E-state index >= 15 is 0 Å². The number of amides is 1. The lowest BCUT2D eigenvalue weighted by atomic mass is 10.2. The molecule has 1 amide bonds. The monoisotopic (exact) mass is 265 g/mol. The number of nitro groups is 1. The third-order valence-corrected chi connectivity index (χ3v) is 2.60. The Morgan fingerprint density at radius 3 is 2.74 bits per heavy atom. The molecule has 1 heterocycles. The summed E-state index contributed by atoms with van der Waals surface area (Å²) in [5, 5.41) is 23.3. The van der Waals surface area contributed by atoms with E-state index in [0.29, 0.717) is 5.69 Å². The van der Waals surface area contributed by atoms with Gasteiger partial charge in [0, 0.05) is 13.1 Å². The number of nitrogens with one attached hydrogen (secondary N) is 2. The van der Waals surface area contributed by atoms with Gasteiger partial charge in [-0.1, -0.05) is 0 Å². The normalized spacial score (nSPS) is 12.1. The number of rotatable bonds is 4. The minimum Gasteiger partial charge on any atom is -0.372 e. The Kier molecular flexibility index (Phi) is 3.27. The van der Waals surface area contributed by atoms with Crippen molar-refractivity contribution in [1.82, 2.24) is 15.6 Å². The Hall–Kier alpha value is -2.71. The summed E-state index contributed by atoms with van der Waals surface area (Å²) < 4.78 is 4.52. The Labute approximate surface area is 107 Å². The van der Waals surface area contributed by atoms with Gasteiger partial charge in [-0.05, 0) is 23.3 Å². The highest BCUT2D eigenvalue weighted by Crippen LogP contribution is 2.28. The molecular formula is C10H11N5O4. The first kappa shape index (κ1) is 12.7. The number of non-ortho nitro benzene ring substituents is 1. The lowest BCUT2D eigenvalue weighted by molar-refractivity contribution is -0.383. The molecule has 0 aliphatic heterocycles. The highest BCUT2D eigenvalue weighted by molar-refractivity contribution is 5.95. The fraction of sp³-hybridized carbons (Fsp3) is 0.300. The van der Waals surface area contributed by atoms with E-state index in [1.165, 1.54) is 19.2 Å². The number of anilines is 1. The summed E-state index contributed by atoms with van der Waals surface area (Å²) in [5.74, 6) is -0.219. The number of carbonyl (C=O) groups excluding carboxylic acids is 1. The number of benzene rings is 1. The van der Waals surface area contributed by atoms with Gasteiger partial charge in [-0.2, -0.15) is 0 Å². The molecule has 0 radical (unpaired) electrons. The van der Waals surface area contributed by atoms with Gasteiger partial charge in [-0.15, -0.1) is 0 Å². The van der Waals surface area contributed by atoms with E-state index in [1.54, 1.807) is 6.92 Å². The molecule has 0 fully saturated rings. The lowest BCUT2D eigenvalue weighted by Gasteiger charge is -2.13. The zero-order valence-electron chi connectivity index (χ0n) is 10.2. The molecule has 1 aromatic carbocycles. The second-order valence-electron chi connectivity index (χ2n) is 3.83. The largest absolute Gasteiger partial charge is 0.372 e. The number of hydrogen-bond acceptors (Lipinski definition) is 7. The number of fused-ring (bicyclic) bond motifs is 1. The van der Waals surface area contributed by atoms with Crippen molar-refractivity contribution in [1.29, 1.82) is 0 Å². The molecule has 0 bridgehead atoms. The Balaban J connectivity index is 2.41. The molecule has 0 saturated carbocycles. The van der Waals surface area contributed by atoms with E-state index in [-0.39, 0.29) is 22.6 Å². The first-order valence-corrected chi connectivity index (χ1v) is 5.42. The average molecular weight is 265 g/mol. The molecule has 2 N–H and O–H groups in total. The van der Waals surface area contributed by atoms with Crippen LogP contribution in [0.2, 0.25) is 0 Å². The molecule has 2 rings (SSSR count). The number of hydrogen-bond donors (Lipinski definition) is 2. The van der Waals surface area contributed by atoms with Crippen LogP contribution in [0.3, 0.4) is 0 Å². The van der Waals surface area contributed by atoms with Gasteiger partial charge in [0.15, 0.2) is 5.52 Å². The highest BCUT2D eigenvalue weighted by atomic mass is 16.6. The second kappa shape index (κ2) is 4.88. The van der Waals surface area contributed by atoms with Gasteiger partial charge in [-0.3, -0.25) is 14.9 Å². The van der Waals surface area contributed by atoms with Gasteiger partial charge in [0.2, 0.25) is 11.4 Å². The van der Waals surface area contributed by atoms with Gasteiger partial charge >= 0.3 is 5.69 Å². The van der Waals surface area contributed by atoms with Crippen molar-refractivity contribution in [2.45, 2.75) is 13.0 Å².